The molecule has 1 aliphatic rings. The van der Waals surface area contributed by atoms with Crippen molar-refractivity contribution in [2.45, 2.75) is 46.0 Å². The van der Waals surface area contributed by atoms with E-state index < -0.39 is 0 Å². The van der Waals surface area contributed by atoms with Crippen LogP contribution in [0, 0.1) is 11.8 Å². The summed E-state index contributed by atoms with van der Waals surface area (Å²) in [5.41, 5.74) is 0. The van der Waals surface area contributed by atoms with E-state index in [9.17, 15) is 4.79 Å². The van der Waals surface area contributed by atoms with Gasteiger partial charge >= 0.3 is 5.97 Å². The molecule has 2 nitrogen and oxygen atoms in total. The summed E-state index contributed by atoms with van der Waals surface area (Å²) in [6.45, 7) is 5.00. The zero-order valence-electron chi connectivity index (χ0n) is 8.71. The van der Waals surface area contributed by atoms with Crippen molar-refractivity contribution in [1.82, 2.24) is 0 Å². The highest BCUT2D eigenvalue weighted by Crippen LogP contribution is 2.27. The third-order valence-electron chi connectivity index (χ3n) is 2.61. The minimum Gasteiger partial charge on any atom is -0.465 e. The zero-order valence-corrected chi connectivity index (χ0v) is 8.71. The Kier molecular flexibility index (Phi) is 4.26. The maximum atomic E-state index is 11.2. The van der Waals surface area contributed by atoms with E-state index in [4.69, 9.17) is 4.74 Å². The maximum absolute atomic E-state index is 11.2. The molecule has 0 heterocycles. The van der Waals surface area contributed by atoms with Gasteiger partial charge in [0.2, 0.25) is 0 Å². The summed E-state index contributed by atoms with van der Waals surface area (Å²) >= 11 is 0. The molecule has 0 spiro atoms. The van der Waals surface area contributed by atoms with Crippen LogP contribution in [0.3, 0.4) is 0 Å². The average Bonchev–Trinajstić information content (AvgIpc) is 1.94. The molecule has 1 saturated carbocycles. The Balaban J connectivity index is 1.95. The smallest absolute Gasteiger partial charge is 0.308 e. The Morgan fingerprint density at radius 2 is 2.15 bits per heavy atom. The fourth-order valence-electron chi connectivity index (χ4n) is 1.43. The number of esters is 1. The van der Waals surface area contributed by atoms with Crippen LogP contribution in [0.5, 0.6) is 0 Å². The van der Waals surface area contributed by atoms with Crippen molar-refractivity contribution in [1.29, 1.82) is 0 Å². The van der Waals surface area contributed by atoms with Gasteiger partial charge in [0.15, 0.2) is 0 Å². The van der Waals surface area contributed by atoms with Crippen LogP contribution in [-0.2, 0) is 9.53 Å². The second kappa shape index (κ2) is 5.25. The fourth-order valence-corrected chi connectivity index (χ4v) is 1.43. The molecule has 0 aromatic heterocycles. The lowest BCUT2D eigenvalue weighted by Gasteiger charge is -2.23. The van der Waals surface area contributed by atoms with Crippen LogP contribution in [-0.4, -0.2) is 12.6 Å². The average molecular weight is 184 g/mol. The molecule has 0 radical (unpaired) electrons. The molecule has 0 aromatic rings. The summed E-state index contributed by atoms with van der Waals surface area (Å²) in [6.07, 6.45) is 5.45. The minimum atomic E-state index is 0.0370. The van der Waals surface area contributed by atoms with Crippen molar-refractivity contribution in [3.8, 4) is 0 Å². The first-order chi connectivity index (χ1) is 6.20. The molecule has 0 atom stereocenters. The van der Waals surface area contributed by atoms with E-state index >= 15 is 0 Å². The second-order valence-electron chi connectivity index (χ2n) is 4.33. The van der Waals surface area contributed by atoms with Crippen molar-refractivity contribution in [3.05, 3.63) is 0 Å². The lowest BCUT2D eigenvalue weighted by atomic mass is 9.86. The van der Waals surface area contributed by atoms with E-state index in [0.717, 1.165) is 25.7 Å². The van der Waals surface area contributed by atoms with Gasteiger partial charge in [-0.25, -0.2) is 0 Å². The predicted molar refractivity (Wildman–Crippen MR) is 52.4 cm³/mol. The molecule has 0 aliphatic heterocycles. The van der Waals surface area contributed by atoms with Crippen LogP contribution in [0.4, 0.5) is 0 Å². The highest BCUT2D eigenvalue weighted by atomic mass is 16.5. The molecule has 1 fully saturated rings. The van der Waals surface area contributed by atoms with Gasteiger partial charge in [0.05, 0.1) is 12.5 Å². The van der Waals surface area contributed by atoms with E-state index in [1.807, 2.05) is 0 Å². The predicted octanol–water partition coefficient (Wildman–Crippen LogP) is 2.77. The van der Waals surface area contributed by atoms with Crippen molar-refractivity contribution < 1.29 is 9.53 Å². The highest BCUT2D eigenvalue weighted by Gasteiger charge is 2.26. The van der Waals surface area contributed by atoms with Gasteiger partial charge in [0, 0.05) is 0 Å². The van der Waals surface area contributed by atoms with Gasteiger partial charge in [-0.2, -0.15) is 0 Å². The molecule has 0 aromatic carbocycles. The van der Waals surface area contributed by atoms with Crippen LogP contribution < -0.4 is 0 Å². The fraction of sp³-hybridized carbons (Fsp3) is 0.909. The lowest BCUT2D eigenvalue weighted by Crippen LogP contribution is -2.24. The van der Waals surface area contributed by atoms with Crippen molar-refractivity contribution in [2.75, 3.05) is 6.61 Å². The molecule has 0 amide bonds. The van der Waals surface area contributed by atoms with E-state index in [-0.39, 0.29) is 11.9 Å². The molecule has 0 bridgehead atoms. The number of carbonyl (C=O) groups is 1. The maximum Gasteiger partial charge on any atom is 0.308 e. The standard InChI is InChI=1S/C11H20O2/c1-9(2)5-4-8-13-11(12)10-6-3-7-10/h9-10H,3-8H2,1-2H3. The van der Waals surface area contributed by atoms with Gasteiger partial charge in [-0.1, -0.05) is 20.3 Å². The van der Waals surface area contributed by atoms with Crippen molar-refractivity contribution in [3.63, 3.8) is 0 Å². The van der Waals surface area contributed by atoms with Crippen LogP contribution in [0.2, 0.25) is 0 Å². The van der Waals surface area contributed by atoms with E-state index in [1.165, 1.54) is 6.42 Å². The summed E-state index contributed by atoms with van der Waals surface area (Å²) in [6, 6.07) is 0. The van der Waals surface area contributed by atoms with Gasteiger partial charge in [0.1, 0.15) is 0 Å². The third kappa shape index (κ3) is 3.79. The zero-order chi connectivity index (χ0) is 9.68. The highest BCUT2D eigenvalue weighted by molar-refractivity contribution is 5.73. The Morgan fingerprint density at radius 3 is 2.62 bits per heavy atom. The van der Waals surface area contributed by atoms with E-state index in [1.54, 1.807) is 0 Å². The Bertz CT molecular complexity index is 159. The van der Waals surface area contributed by atoms with Crippen LogP contribution in [0.1, 0.15) is 46.0 Å². The van der Waals surface area contributed by atoms with E-state index in [0.29, 0.717) is 12.5 Å². The summed E-state index contributed by atoms with van der Waals surface area (Å²) < 4.78 is 5.16. The normalized spacial score (nSPS) is 17.2. The number of carbonyl (C=O) groups excluding carboxylic acids is 1. The molecule has 1 aliphatic carbocycles. The van der Waals surface area contributed by atoms with Gasteiger partial charge in [0.25, 0.3) is 0 Å². The van der Waals surface area contributed by atoms with Gasteiger partial charge in [-0.05, 0) is 31.6 Å². The first kappa shape index (κ1) is 10.6. The quantitative estimate of drug-likeness (QED) is 0.485. The topological polar surface area (TPSA) is 26.3 Å². The molecule has 76 valence electrons. The van der Waals surface area contributed by atoms with Gasteiger partial charge in [-0.15, -0.1) is 0 Å². The lowest BCUT2D eigenvalue weighted by molar-refractivity contribution is -0.151. The number of ether oxygens (including phenoxy) is 1. The largest absolute Gasteiger partial charge is 0.465 e. The minimum absolute atomic E-state index is 0.0370. The Labute approximate surface area is 80.7 Å². The van der Waals surface area contributed by atoms with Crippen LogP contribution in [0.25, 0.3) is 0 Å². The van der Waals surface area contributed by atoms with Crippen molar-refractivity contribution >= 4 is 5.97 Å². The Morgan fingerprint density at radius 1 is 1.46 bits per heavy atom. The molecule has 1 rings (SSSR count). The Hall–Kier alpha value is -0.530. The first-order valence-electron chi connectivity index (χ1n) is 5.37. The molecular weight excluding hydrogens is 164 g/mol. The summed E-state index contributed by atoms with van der Waals surface area (Å²) in [5, 5.41) is 0. The number of hydrogen-bond acceptors (Lipinski definition) is 2. The summed E-state index contributed by atoms with van der Waals surface area (Å²) in [7, 11) is 0. The van der Waals surface area contributed by atoms with Crippen molar-refractivity contribution in [2.24, 2.45) is 11.8 Å². The molecular formula is C11H20O2. The molecule has 2 heteroatoms. The second-order valence-corrected chi connectivity index (χ2v) is 4.33. The number of rotatable bonds is 5. The summed E-state index contributed by atoms with van der Waals surface area (Å²) in [4.78, 5) is 11.2. The molecule has 0 saturated heterocycles. The van der Waals surface area contributed by atoms with Gasteiger partial charge in [-0.3, -0.25) is 4.79 Å². The van der Waals surface area contributed by atoms with E-state index in [2.05, 4.69) is 13.8 Å². The summed E-state index contributed by atoms with van der Waals surface area (Å²) in [5.74, 6) is 0.983. The van der Waals surface area contributed by atoms with Crippen LogP contribution in [0.15, 0.2) is 0 Å². The molecule has 13 heavy (non-hydrogen) atoms. The third-order valence-corrected chi connectivity index (χ3v) is 2.61. The molecule has 0 unspecified atom stereocenters. The number of hydrogen-bond donors (Lipinski definition) is 0. The SMILES string of the molecule is CC(C)CCCOC(=O)C1CCC1. The van der Waals surface area contributed by atoms with Crippen LogP contribution >= 0.6 is 0 Å². The first-order valence-corrected chi connectivity index (χ1v) is 5.37. The molecule has 0 N–H and O–H groups in total. The van der Waals surface area contributed by atoms with Gasteiger partial charge < -0.3 is 4.74 Å². The monoisotopic (exact) mass is 184 g/mol.